The third-order valence-corrected chi connectivity index (χ3v) is 4.62. The third kappa shape index (κ3) is 1.84. The lowest BCUT2D eigenvalue weighted by Gasteiger charge is -2.17. The van der Waals surface area contributed by atoms with E-state index in [9.17, 15) is 14.0 Å². The summed E-state index contributed by atoms with van der Waals surface area (Å²) >= 11 is 5.90. The van der Waals surface area contributed by atoms with E-state index in [0.29, 0.717) is 0 Å². The maximum absolute atomic E-state index is 13.7. The van der Waals surface area contributed by atoms with Crippen LogP contribution in [0, 0.1) is 17.7 Å². The van der Waals surface area contributed by atoms with Gasteiger partial charge in [0.15, 0.2) is 0 Å². The second-order valence-electron chi connectivity index (χ2n) is 5.45. The van der Waals surface area contributed by atoms with E-state index in [1.165, 1.54) is 18.2 Å². The Bertz CT molecular complexity index is 657. The average molecular weight is 324 g/mol. The summed E-state index contributed by atoms with van der Waals surface area (Å²) in [5, 5.41) is 0.914. The minimum atomic E-state index is -0.545. The largest absolute Gasteiger partial charge is 0.365 e. The number of hydrogen-bond donors (Lipinski definition) is 0. The molecule has 0 aromatic heterocycles. The Labute approximate surface area is 130 Å². The molecule has 0 spiro atoms. The van der Waals surface area contributed by atoms with Gasteiger partial charge in [0.2, 0.25) is 0 Å². The maximum atomic E-state index is 13.7. The molecule has 2 saturated heterocycles. The zero-order valence-electron chi connectivity index (χ0n) is 11.2. The van der Waals surface area contributed by atoms with E-state index in [0.717, 1.165) is 5.06 Å². The molecule has 2 bridgehead atoms. The molecule has 4 rings (SSSR count). The predicted octanol–water partition coefficient (Wildman–Crippen LogP) is 1.85. The second kappa shape index (κ2) is 4.87. The first-order chi connectivity index (χ1) is 10.6. The first-order valence-corrected chi connectivity index (χ1v) is 7.23. The highest BCUT2D eigenvalue weighted by Gasteiger charge is 2.61. The highest BCUT2D eigenvalue weighted by Crippen LogP contribution is 2.45. The van der Waals surface area contributed by atoms with Gasteiger partial charge < -0.3 is 4.74 Å². The zero-order chi connectivity index (χ0) is 15.4. The Morgan fingerprint density at radius 1 is 1.18 bits per heavy atom. The number of fused-ring (bicyclic) bond motifs is 5. The van der Waals surface area contributed by atoms with Gasteiger partial charge in [0, 0.05) is 10.6 Å². The van der Waals surface area contributed by atoms with E-state index in [1.807, 2.05) is 0 Å². The quantitative estimate of drug-likeness (QED) is 0.629. The number of benzene rings is 1. The highest BCUT2D eigenvalue weighted by atomic mass is 35.5. The smallest absolute Gasteiger partial charge is 0.260 e. The maximum Gasteiger partial charge on any atom is 0.260 e. The summed E-state index contributed by atoms with van der Waals surface area (Å²) in [5.41, 5.74) is 0.110. The van der Waals surface area contributed by atoms with Gasteiger partial charge in [0.1, 0.15) is 12.4 Å². The number of rotatable bonds is 3. The summed E-state index contributed by atoms with van der Waals surface area (Å²) in [6.07, 6.45) is 2.82. The molecule has 22 heavy (non-hydrogen) atoms. The SMILES string of the molecule is O=C1[C@@H]2[C@@H](C(=O)N1OCc1c(F)cccc1Cl)[C@H]1C=C[C@H]2O1. The van der Waals surface area contributed by atoms with Crippen molar-refractivity contribution in [3.63, 3.8) is 0 Å². The van der Waals surface area contributed by atoms with Gasteiger partial charge >= 0.3 is 0 Å². The number of carbonyl (C=O) groups is 2. The van der Waals surface area contributed by atoms with Crippen LogP contribution in [-0.2, 0) is 25.8 Å². The van der Waals surface area contributed by atoms with Crippen LogP contribution in [0.25, 0.3) is 0 Å². The molecule has 114 valence electrons. The monoisotopic (exact) mass is 323 g/mol. The standard InChI is InChI=1S/C15H11ClFNO4/c16-8-2-1-3-9(17)7(8)6-21-18-14(19)12-10-4-5-11(22-10)13(12)15(18)20/h1-5,10-13H,6H2/t10-,11-,12+,13+/m1/s1. The molecule has 0 radical (unpaired) electrons. The van der Waals surface area contributed by atoms with Crippen molar-refractivity contribution in [3.05, 3.63) is 46.8 Å². The van der Waals surface area contributed by atoms with Gasteiger partial charge in [-0.15, -0.1) is 0 Å². The number of ether oxygens (including phenoxy) is 1. The summed E-state index contributed by atoms with van der Waals surface area (Å²) < 4.78 is 19.2. The molecule has 1 aromatic carbocycles. The molecule has 4 atom stereocenters. The van der Waals surface area contributed by atoms with Crippen LogP contribution < -0.4 is 0 Å². The van der Waals surface area contributed by atoms with Crippen LogP contribution in [0.5, 0.6) is 0 Å². The van der Waals surface area contributed by atoms with Gasteiger partial charge in [0.25, 0.3) is 11.8 Å². The fraction of sp³-hybridized carbons (Fsp3) is 0.333. The molecule has 5 nitrogen and oxygen atoms in total. The van der Waals surface area contributed by atoms with Crippen molar-refractivity contribution in [1.82, 2.24) is 5.06 Å². The normalized spacial score (nSPS) is 32.2. The predicted molar refractivity (Wildman–Crippen MR) is 72.8 cm³/mol. The van der Waals surface area contributed by atoms with Crippen LogP contribution in [0.1, 0.15) is 5.56 Å². The molecule has 3 aliphatic rings. The average Bonchev–Trinajstić information content (AvgIpc) is 3.15. The van der Waals surface area contributed by atoms with E-state index in [4.69, 9.17) is 21.2 Å². The molecule has 0 saturated carbocycles. The molecular formula is C15H11ClFNO4. The Kier molecular flexibility index (Phi) is 3.07. The van der Waals surface area contributed by atoms with E-state index < -0.39 is 29.5 Å². The second-order valence-corrected chi connectivity index (χ2v) is 5.85. The zero-order valence-corrected chi connectivity index (χ0v) is 12.0. The Hall–Kier alpha value is -1.76. The fourth-order valence-corrected chi connectivity index (χ4v) is 3.42. The lowest BCUT2D eigenvalue weighted by Crippen LogP contribution is -2.34. The van der Waals surface area contributed by atoms with Gasteiger partial charge in [-0.25, -0.2) is 4.39 Å². The molecule has 0 aliphatic carbocycles. The molecule has 0 N–H and O–H groups in total. The van der Waals surface area contributed by atoms with E-state index in [2.05, 4.69) is 0 Å². The molecule has 3 heterocycles. The topological polar surface area (TPSA) is 55.8 Å². The van der Waals surface area contributed by atoms with Crippen molar-refractivity contribution >= 4 is 23.4 Å². The summed E-state index contributed by atoms with van der Waals surface area (Å²) in [6.45, 7) is -0.286. The molecular weight excluding hydrogens is 313 g/mol. The van der Waals surface area contributed by atoms with Crippen LogP contribution in [0.2, 0.25) is 5.02 Å². The molecule has 0 unspecified atom stereocenters. The molecule has 7 heteroatoms. The van der Waals surface area contributed by atoms with Crippen molar-refractivity contribution < 1.29 is 23.6 Å². The number of nitrogens with zero attached hydrogens (tertiary/aromatic N) is 1. The van der Waals surface area contributed by atoms with Crippen molar-refractivity contribution in [1.29, 1.82) is 0 Å². The van der Waals surface area contributed by atoms with Gasteiger partial charge in [-0.3, -0.25) is 14.4 Å². The lowest BCUT2D eigenvalue weighted by molar-refractivity contribution is -0.195. The first-order valence-electron chi connectivity index (χ1n) is 6.85. The summed E-state index contributed by atoms with van der Waals surface area (Å²) in [6, 6.07) is 4.23. The minimum absolute atomic E-state index is 0.110. The minimum Gasteiger partial charge on any atom is -0.365 e. The van der Waals surface area contributed by atoms with Crippen LogP contribution in [-0.4, -0.2) is 29.1 Å². The number of hydroxylamine groups is 2. The number of halogens is 2. The highest BCUT2D eigenvalue weighted by molar-refractivity contribution is 6.31. The number of hydrogen-bond acceptors (Lipinski definition) is 4. The lowest BCUT2D eigenvalue weighted by atomic mass is 9.85. The van der Waals surface area contributed by atoms with Crippen LogP contribution >= 0.6 is 11.6 Å². The van der Waals surface area contributed by atoms with E-state index in [-0.39, 0.29) is 29.4 Å². The van der Waals surface area contributed by atoms with Gasteiger partial charge in [-0.2, -0.15) is 5.06 Å². The summed E-state index contributed by atoms with van der Waals surface area (Å²) in [5.74, 6) is -2.52. The van der Waals surface area contributed by atoms with Crippen LogP contribution in [0.15, 0.2) is 30.4 Å². The number of amides is 2. The summed E-state index contributed by atoms with van der Waals surface area (Å²) in [7, 11) is 0. The Morgan fingerprint density at radius 3 is 2.41 bits per heavy atom. The van der Waals surface area contributed by atoms with Crippen molar-refractivity contribution in [2.75, 3.05) is 0 Å². The van der Waals surface area contributed by atoms with Gasteiger partial charge in [0.05, 0.1) is 24.0 Å². The van der Waals surface area contributed by atoms with Crippen molar-refractivity contribution in [3.8, 4) is 0 Å². The molecule has 2 fully saturated rings. The molecule has 2 amide bonds. The van der Waals surface area contributed by atoms with E-state index in [1.54, 1.807) is 12.2 Å². The van der Waals surface area contributed by atoms with Crippen LogP contribution in [0.4, 0.5) is 4.39 Å². The fourth-order valence-electron chi connectivity index (χ4n) is 3.20. The summed E-state index contributed by atoms with van der Waals surface area (Å²) in [4.78, 5) is 29.9. The van der Waals surface area contributed by atoms with Gasteiger partial charge in [-0.05, 0) is 12.1 Å². The van der Waals surface area contributed by atoms with Gasteiger partial charge in [-0.1, -0.05) is 29.8 Å². The molecule has 3 aliphatic heterocycles. The van der Waals surface area contributed by atoms with Crippen LogP contribution in [0.3, 0.4) is 0 Å². The number of imide groups is 1. The molecule has 1 aromatic rings. The van der Waals surface area contributed by atoms with Crippen molar-refractivity contribution in [2.45, 2.75) is 18.8 Å². The third-order valence-electron chi connectivity index (χ3n) is 4.27. The Morgan fingerprint density at radius 2 is 1.82 bits per heavy atom. The Balaban J connectivity index is 1.53. The van der Waals surface area contributed by atoms with Crippen molar-refractivity contribution in [2.24, 2.45) is 11.8 Å². The van der Waals surface area contributed by atoms with E-state index >= 15 is 0 Å². The number of carbonyl (C=O) groups excluding carboxylic acids is 2. The first kappa shape index (κ1) is 13.9.